The molecule has 4 heteroatoms. The van der Waals surface area contributed by atoms with E-state index in [2.05, 4.69) is 14.7 Å². The zero-order valence-electron chi connectivity index (χ0n) is 11.3. The Hall–Kier alpha value is -1.84. The SMILES string of the molecule is Cc1nc2ccccn2c1CNCc1ccccc1Cl. The molecule has 1 aromatic carbocycles. The van der Waals surface area contributed by atoms with E-state index in [9.17, 15) is 0 Å². The van der Waals surface area contributed by atoms with Gasteiger partial charge >= 0.3 is 0 Å². The van der Waals surface area contributed by atoms with Gasteiger partial charge in [0.15, 0.2) is 0 Å². The largest absolute Gasteiger partial charge is 0.307 e. The Labute approximate surface area is 123 Å². The van der Waals surface area contributed by atoms with E-state index in [4.69, 9.17) is 11.6 Å². The molecule has 0 amide bonds. The zero-order chi connectivity index (χ0) is 13.9. The van der Waals surface area contributed by atoms with Crippen LogP contribution in [0.3, 0.4) is 0 Å². The summed E-state index contributed by atoms with van der Waals surface area (Å²) >= 11 is 6.15. The van der Waals surface area contributed by atoms with Crippen molar-refractivity contribution in [2.45, 2.75) is 20.0 Å². The molecule has 0 radical (unpaired) electrons. The molecule has 0 saturated carbocycles. The van der Waals surface area contributed by atoms with Crippen molar-refractivity contribution in [3.05, 3.63) is 70.6 Å². The summed E-state index contributed by atoms with van der Waals surface area (Å²) in [7, 11) is 0. The van der Waals surface area contributed by atoms with E-state index in [1.807, 2.05) is 55.6 Å². The number of nitrogens with one attached hydrogen (secondary N) is 1. The molecule has 0 bridgehead atoms. The lowest BCUT2D eigenvalue weighted by molar-refractivity contribution is 0.672. The number of pyridine rings is 1. The maximum absolute atomic E-state index is 6.15. The van der Waals surface area contributed by atoms with Crippen molar-refractivity contribution in [1.29, 1.82) is 0 Å². The molecule has 0 aliphatic heterocycles. The average molecular weight is 286 g/mol. The smallest absolute Gasteiger partial charge is 0.137 e. The van der Waals surface area contributed by atoms with Crippen LogP contribution < -0.4 is 5.32 Å². The van der Waals surface area contributed by atoms with Crippen molar-refractivity contribution >= 4 is 17.2 Å². The van der Waals surface area contributed by atoms with Gasteiger partial charge in [0.1, 0.15) is 5.65 Å². The van der Waals surface area contributed by atoms with Crippen LogP contribution in [-0.4, -0.2) is 9.38 Å². The predicted molar refractivity (Wildman–Crippen MR) is 81.9 cm³/mol. The predicted octanol–water partition coefficient (Wildman–Crippen LogP) is 3.59. The van der Waals surface area contributed by atoms with Crippen LogP contribution in [0.4, 0.5) is 0 Å². The highest BCUT2D eigenvalue weighted by molar-refractivity contribution is 6.31. The quantitative estimate of drug-likeness (QED) is 0.794. The van der Waals surface area contributed by atoms with Crippen LogP contribution in [0.5, 0.6) is 0 Å². The minimum absolute atomic E-state index is 0.749. The monoisotopic (exact) mass is 285 g/mol. The van der Waals surface area contributed by atoms with Crippen LogP contribution in [0, 0.1) is 6.92 Å². The first-order valence-electron chi connectivity index (χ1n) is 6.62. The van der Waals surface area contributed by atoms with Gasteiger partial charge in [0.25, 0.3) is 0 Å². The van der Waals surface area contributed by atoms with Crippen LogP contribution in [0.25, 0.3) is 5.65 Å². The van der Waals surface area contributed by atoms with Crippen molar-refractivity contribution < 1.29 is 0 Å². The van der Waals surface area contributed by atoms with E-state index >= 15 is 0 Å². The van der Waals surface area contributed by atoms with E-state index < -0.39 is 0 Å². The van der Waals surface area contributed by atoms with Gasteiger partial charge in [-0.25, -0.2) is 4.98 Å². The fourth-order valence-corrected chi connectivity index (χ4v) is 2.54. The van der Waals surface area contributed by atoms with E-state index in [0.29, 0.717) is 0 Å². The van der Waals surface area contributed by atoms with Crippen LogP contribution in [0.1, 0.15) is 17.0 Å². The number of fused-ring (bicyclic) bond motifs is 1. The molecule has 0 saturated heterocycles. The lowest BCUT2D eigenvalue weighted by Crippen LogP contribution is -2.15. The normalized spacial score (nSPS) is 11.1. The van der Waals surface area contributed by atoms with E-state index in [0.717, 1.165) is 35.0 Å². The van der Waals surface area contributed by atoms with Gasteiger partial charge in [-0.3, -0.25) is 0 Å². The molecule has 1 N–H and O–H groups in total. The number of benzene rings is 1. The second kappa shape index (κ2) is 5.65. The number of aromatic nitrogens is 2. The van der Waals surface area contributed by atoms with Gasteiger partial charge in [0.2, 0.25) is 0 Å². The summed E-state index contributed by atoms with van der Waals surface area (Å²) in [5, 5.41) is 4.23. The number of aryl methyl sites for hydroxylation is 1. The highest BCUT2D eigenvalue weighted by Crippen LogP contribution is 2.15. The highest BCUT2D eigenvalue weighted by Gasteiger charge is 2.07. The first-order chi connectivity index (χ1) is 9.75. The lowest BCUT2D eigenvalue weighted by Gasteiger charge is -2.07. The number of hydrogen-bond donors (Lipinski definition) is 1. The van der Waals surface area contributed by atoms with E-state index in [1.54, 1.807) is 0 Å². The van der Waals surface area contributed by atoms with Crippen molar-refractivity contribution in [2.24, 2.45) is 0 Å². The second-order valence-electron chi connectivity index (χ2n) is 4.77. The lowest BCUT2D eigenvalue weighted by atomic mass is 10.2. The zero-order valence-corrected chi connectivity index (χ0v) is 12.1. The summed E-state index contributed by atoms with van der Waals surface area (Å²) in [6.45, 7) is 3.56. The molecule has 0 aliphatic carbocycles. The van der Waals surface area contributed by atoms with Gasteiger partial charge in [0.05, 0.1) is 11.4 Å². The summed E-state index contributed by atoms with van der Waals surface area (Å²) in [4.78, 5) is 4.55. The summed E-state index contributed by atoms with van der Waals surface area (Å²) < 4.78 is 2.12. The molecule has 0 unspecified atom stereocenters. The third kappa shape index (κ3) is 2.55. The Balaban J connectivity index is 1.74. The molecule has 3 aromatic rings. The molecule has 0 atom stereocenters. The third-order valence-electron chi connectivity index (χ3n) is 3.39. The molecule has 3 rings (SSSR count). The topological polar surface area (TPSA) is 29.3 Å². The number of halogens is 1. The second-order valence-corrected chi connectivity index (χ2v) is 5.17. The molecular weight excluding hydrogens is 270 g/mol. The molecule has 3 nitrogen and oxygen atoms in total. The van der Waals surface area contributed by atoms with Gasteiger partial charge in [-0.05, 0) is 30.7 Å². The fraction of sp³-hybridized carbons (Fsp3) is 0.188. The molecular formula is C16H16ClN3. The number of nitrogens with zero attached hydrogens (tertiary/aromatic N) is 2. The van der Waals surface area contributed by atoms with Crippen LogP contribution in [0.2, 0.25) is 5.02 Å². The average Bonchev–Trinajstić information content (AvgIpc) is 2.77. The Morgan fingerprint density at radius 1 is 1.10 bits per heavy atom. The maximum Gasteiger partial charge on any atom is 0.137 e. The first kappa shape index (κ1) is 13.2. The Morgan fingerprint density at radius 3 is 2.75 bits per heavy atom. The van der Waals surface area contributed by atoms with Gasteiger partial charge < -0.3 is 9.72 Å². The van der Waals surface area contributed by atoms with Crippen molar-refractivity contribution in [3.63, 3.8) is 0 Å². The minimum atomic E-state index is 0.749. The first-order valence-corrected chi connectivity index (χ1v) is 7.00. The molecule has 0 aliphatic rings. The van der Waals surface area contributed by atoms with E-state index in [-0.39, 0.29) is 0 Å². The molecule has 2 aromatic heterocycles. The van der Waals surface area contributed by atoms with E-state index in [1.165, 1.54) is 5.69 Å². The third-order valence-corrected chi connectivity index (χ3v) is 3.76. The highest BCUT2D eigenvalue weighted by atomic mass is 35.5. The minimum Gasteiger partial charge on any atom is -0.307 e. The summed E-state index contributed by atoms with van der Waals surface area (Å²) in [5.41, 5.74) is 4.34. The number of imidazole rings is 1. The Morgan fingerprint density at radius 2 is 1.90 bits per heavy atom. The van der Waals surface area contributed by atoms with Gasteiger partial charge in [0, 0.05) is 24.3 Å². The fourth-order valence-electron chi connectivity index (χ4n) is 2.33. The summed E-state index contributed by atoms with van der Waals surface area (Å²) in [6, 6.07) is 13.9. The number of rotatable bonds is 4. The number of hydrogen-bond acceptors (Lipinski definition) is 2. The molecule has 0 fully saturated rings. The molecule has 102 valence electrons. The van der Waals surface area contributed by atoms with Crippen molar-refractivity contribution in [3.8, 4) is 0 Å². The van der Waals surface area contributed by atoms with Crippen molar-refractivity contribution in [1.82, 2.24) is 14.7 Å². The molecule has 0 spiro atoms. The molecule has 2 heterocycles. The van der Waals surface area contributed by atoms with Crippen molar-refractivity contribution in [2.75, 3.05) is 0 Å². The Kier molecular flexibility index (Phi) is 3.72. The van der Waals surface area contributed by atoms with Gasteiger partial charge in [-0.2, -0.15) is 0 Å². The van der Waals surface area contributed by atoms with Crippen LogP contribution in [-0.2, 0) is 13.1 Å². The Bertz CT molecular complexity index is 733. The van der Waals surface area contributed by atoms with Gasteiger partial charge in [-0.1, -0.05) is 35.9 Å². The standard InChI is InChI=1S/C16H16ClN3/c1-12-15(20-9-5-4-8-16(20)19-12)11-18-10-13-6-2-3-7-14(13)17/h2-9,18H,10-11H2,1H3. The van der Waals surface area contributed by atoms with Crippen LogP contribution >= 0.6 is 11.6 Å². The van der Waals surface area contributed by atoms with Gasteiger partial charge in [-0.15, -0.1) is 0 Å². The van der Waals surface area contributed by atoms with Crippen LogP contribution in [0.15, 0.2) is 48.7 Å². The summed E-state index contributed by atoms with van der Waals surface area (Å²) in [5.74, 6) is 0. The summed E-state index contributed by atoms with van der Waals surface area (Å²) in [6.07, 6.45) is 2.04. The maximum atomic E-state index is 6.15. The molecule has 20 heavy (non-hydrogen) atoms.